The predicted octanol–water partition coefficient (Wildman–Crippen LogP) is 2.49. The second-order valence-corrected chi connectivity index (χ2v) is 3.55. The lowest BCUT2D eigenvalue weighted by Gasteiger charge is -2.02. The van der Waals surface area contributed by atoms with Gasteiger partial charge in [-0.25, -0.2) is 0 Å². The van der Waals surface area contributed by atoms with Gasteiger partial charge in [0.2, 0.25) is 0 Å². The lowest BCUT2D eigenvalue weighted by atomic mass is 10.3. The number of ether oxygens (including phenoxy) is 3. The molecule has 0 aliphatic heterocycles. The van der Waals surface area contributed by atoms with E-state index < -0.39 is 0 Å². The summed E-state index contributed by atoms with van der Waals surface area (Å²) in [5.41, 5.74) is 0. The first kappa shape index (κ1) is 22.1. The van der Waals surface area contributed by atoms with Crippen LogP contribution in [0, 0.1) is 0 Å². The number of aliphatic hydroxyl groups excluding tert-OH is 1. The molecular formula is C13H32O4. The Labute approximate surface area is 107 Å². The zero-order valence-electron chi connectivity index (χ0n) is 12.7. The van der Waals surface area contributed by atoms with E-state index in [1.807, 2.05) is 13.8 Å². The minimum atomic E-state index is -0.273. The molecular weight excluding hydrogens is 220 g/mol. The summed E-state index contributed by atoms with van der Waals surface area (Å²) >= 11 is 0. The quantitative estimate of drug-likeness (QED) is 0.789. The zero-order valence-corrected chi connectivity index (χ0v) is 12.7. The van der Waals surface area contributed by atoms with Crippen molar-refractivity contribution in [2.45, 2.75) is 52.7 Å². The molecule has 0 heterocycles. The first-order chi connectivity index (χ1) is 8.03. The maximum atomic E-state index is 8.73. The van der Waals surface area contributed by atoms with Crippen LogP contribution in [0.2, 0.25) is 0 Å². The summed E-state index contributed by atoms with van der Waals surface area (Å²) in [6.07, 6.45) is 2.04. The Morgan fingerprint density at radius 1 is 0.941 bits per heavy atom. The third-order valence-corrected chi connectivity index (χ3v) is 2.10. The molecule has 4 heteroatoms. The molecule has 1 N–H and O–H groups in total. The van der Waals surface area contributed by atoms with Crippen LogP contribution >= 0.6 is 0 Å². The molecule has 0 radical (unpaired) electrons. The van der Waals surface area contributed by atoms with E-state index in [0.29, 0.717) is 12.7 Å². The average Bonchev–Trinajstić information content (AvgIpc) is 2.38. The molecule has 0 aromatic carbocycles. The molecule has 0 fully saturated rings. The fraction of sp³-hybridized carbons (Fsp3) is 1.00. The van der Waals surface area contributed by atoms with E-state index in [0.717, 1.165) is 19.4 Å². The highest BCUT2D eigenvalue weighted by atomic mass is 16.5. The van der Waals surface area contributed by atoms with Gasteiger partial charge in [-0.2, -0.15) is 0 Å². The van der Waals surface area contributed by atoms with Crippen molar-refractivity contribution in [1.82, 2.24) is 0 Å². The predicted molar refractivity (Wildman–Crippen MR) is 72.5 cm³/mol. The smallest absolute Gasteiger partial charge is 0.0770 e. The first-order valence-corrected chi connectivity index (χ1v) is 6.22. The van der Waals surface area contributed by atoms with Crippen molar-refractivity contribution in [3.8, 4) is 0 Å². The van der Waals surface area contributed by atoms with E-state index in [2.05, 4.69) is 23.3 Å². The number of methoxy groups -OCH3 is 3. The molecule has 0 rings (SSSR count). The van der Waals surface area contributed by atoms with Gasteiger partial charge in [0.15, 0.2) is 0 Å². The van der Waals surface area contributed by atoms with Crippen LogP contribution in [0.1, 0.15) is 40.5 Å². The third-order valence-electron chi connectivity index (χ3n) is 2.10. The lowest BCUT2D eigenvalue weighted by molar-refractivity contribution is 0.0625. The van der Waals surface area contributed by atoms with E-state index in [-0.39, 0.29) is 6.10 Å². The van der Waals surface area contributed by atoms with E-state index >= 15 is 0 Å². The summed E-state index contributed by atoms with van der Waals surface area (Å²) in [5.74, 6) is 0. The van der Waals surface area contributed by atoms with Crippen LogP contribution in [0.3, 0.4) is 0 Å². The number of rotatable bonds is 6. The summed E-state index contributed by atoms with van der Waals surface area (Å²) in [7, 11) is 4.99. The fourth-order valence-corrected chi connectivity index (χ4v) is 0.477. The molecule has 0 spiro atoms. The maximum absolute atomic E-state index is 8.73. The van der Waals surface area contributed by atoms with Gasteiger partial charge in [-0.05, 0) is 26.7 Å². The Hall–Kier alpha value is -0.160. The standard InChI is InChI=1S/C5H12O2.C5H12O.C3H8O/c1-3-5(6)4-7-2;1-4-5(2)6-3;1-3-4-2/h5-6H,3-4H2,1-2H3;5H,4H2,1-3H3;3H2,1-2H3. The van der Waals surface area contributed by atoms with Crippen molar-refractivity contribution in [2.75, 3.05) is 34.5 Å². The molecule has 4 nitrogen and oxygen atoms in total. The highest BCUT2D eigenvalue weighted by molar-refractivity contribution is 4.45. The van der Waals surface area contributed by atoms with Gasteiger partial charge in [0.25, 0.3) is 0 Å². The molecule has 0 saturated heterocycles. The summed E-state index contributed by atoms with van der Waals surface area (Å²) in [6, 6.07) is 0. The van der Waals surface area contributed by atoms with Gasteiger partial charge >= 0.3 is 0 Å². The van der Waals surface area contributed by atoms with Crippen LogP contribution in [0.25, 0.3) is 0 Å². The molecule has 0 saturated carbocycles. The maximum Gasteiger partial charge on any atom is 0.0770 e. The van der Waals surface area contributed by atoms with Crippen LogP contribution in [0.15, 0.2) is 0 Å². The monoisotopic (exact) mass is 252 g/mol. The number of hydrogen-bond acceptors (Lipinski definition) is 4. The van der Waals surface area contributed by atoms with E-state index in [1.54, 1.807) is 21.3 Å². The Bertz CT molecular complexity index is 104. The van der Waals surface area contributed by atoms with E-state index in [4.69, 9.17) is 9.84 Å². The fourth-order valence-electron chi connectivity index (χ4n) is 0.477. The molecule has 0 amide bonds. The van der Waals surface area contributed by atoms with Gasteiger partial charge in [0.05, 0.1) is 18.8 Å². The highest BCUT2D eigenvalue weighted by Gasteiger charge is 1.95. The Morgan fingerprint density at radius 2 is 1.41 bits per heavy atom. The van der Waals surface area contributed by atoms with Gasteiger partial charge in [-0.3, -0.25) is 0 Å². The van der Waals surface area contributed by atoms with Gasteiger partial charge < -0.3 is 19.3 Å². The third kappa shape index (κ3) is 31.3. The SMILES string of the molecule is CCC(C)OC.CCC(O)COC.CCOC. The van der Waals surface area contributed by atoms with E-state index in [1.165, 1.54) is 0 Å². The Kier molecular flexibility index (Phi) is 27.5. The van der Waals surface area contributed by atoms with Crippen molar-refractivity contribution in [3.05, 3.63) is 0 Å². The molecule has 2 atom stereocenters. The van der Waals surface area contributed by atoms with Crippen LogP contribution < -0.4 is 0 Å². The van der Waals surface area contributed by atoms with E-state index in [9.17, 15) is 0 Å². The van der Waals surface area contributed by atoms with Gasteiger partial charge in [0, 0.05) is 27.9 Å². The summed E-state index contributed by atoms with van der Waals surface area (Å²) < 4.78 is 14.1. The summed E-state index contributed by atoms with van der Waals surface area (Å²) in [4.78, 5) is 0. The highest BCUT2D eigenvalue weighted by Crippen LogP contribution is 1.90. The topological polar surface area (TPSA) is 47.9 Å². The van der Waals surface area contributed by atoms with Crippen LogP contribution in [-0.2, 0) is 14.2 Å². The second kappa shape index (κ2) is 21.2. The number of aliphatic hydroxyl groups is 1. The number of hydrogen-bond donors (Lipinski definition) is 1. The van der Waals surface area contributed by atoms with Gasteiger partial charge in [-0.15, -0.1) is 0 Å². The second-order valence-electron chi connectivity index (χ2n) is 3.55. The molecule has 108 valence electrons. The molecule has 17 heavy (non-hydrogen) atoms. The largest absolute Gasteiger partial charge is 0.391 e. The van der Waals surface area contributed by atoms with Crippen LogP contribution in [0.5, 0.6) is 0 Å². The molecule has 0 aliphatic rings. The van der Waals surface area contributed by atoms with Crippen molar-refractivity contribution >= 4 is 0 Å². The minimum Gasteiger partial charge on any atom is -0.391 e. The Balaban J connectivity index is -0.000000180. The first-order valence-electron chi connectivity index (χ1n) is 6.22. The normalized spacial score (nSPS) is 12.7. The van der Waals surface area contributed by atoms with Gasteiger partial charge in [0.1, 0.15) is 0 Å². The lowest BCUT2D eigenvalue weighted by Crippen LogP contribution is -2.11. The van der Waals surface area contributed by atoms with Crippen LogP contribution in [0.4, 0.5) is 0 Å². The molecule has 0 bridgehead atoms. The van der Waals surface area contributed by atoms with Crippen molar-refractivity contribution in [3.63, 3.8) is 0 Å². The minimum absolute atomic E-state index is 0.273. The molecule has 2 unspecified atom stereocenters. The van der Waals surface area contributed by atoms with Gasteiger partial charge in [-0.1, -0.05) is 13.8 Å². The molecule has 0 aromatic heterocycles. The van der Waals surface area contributed by atoms with Crippen molar-refractivity contribution < 1.29 is 19.3 Å². The summed E-state index contributed by atoms with van der Waals surface area (Å²) in [6.45, 7) is 9.31. The van der Waals surface area contributed by atoms with Crippen molar-refractivity contribution in [2.24, 2.45) is 0 Å². The summed E-state index contributed by atoms with van der Waals surface area (Å²) in [5, 5.41) is 8.73. The van der Waals surface area contributed by atoms with Crippen molar-refractivity contribution in [1.29, 1.82) is 0 Å². The average molecular weight is 252 g/mol. The van der Waals surface area contributed by atoms with Crippen LogP contribution in [-0.4, -0.2) is 51.9 Å². The Morgan fingerprint density at radius 3 is 1.47 bits per heavy atom. The molecule has 0 aliphatic carbocycles. The molecule has 0 aromatic rings. The zero-order chi connectivity index (χ0) is 14.1.